The molecule has 5 heteroatoms. The maximum absolute atomic E-state index is 5.91. The Morgan fingerprint density at radius 2 is 2.40 bits per heavy atom. The minimum absolute atomic E-state index is 0.169. The molecule has 0 aromatic carbocycles. The molecule has 0 saturated carbocycles. The summed E-state index contributed by atoms with van der Waals surface area (Å²) in [6.07, 6.45) is 1.27. The molecule has 0 spiro atoms. The van der Waals surface area contributed by atoms with Crippen LogP contribution in [0.1, 0.15) is 6.42 Å². The van der Waals surface area contributed by atoms with Gasteiger partial charge in [0.1, 0.15) is 0 Å². The van der Waals surface area contributed by atoms with Crippen molar-refractivity contribution >= 4 is 26.9 Å². The van der Waals surface area contributed by atoms with Gasteiger partial charge in [0, 0.05) is 6.61 Å². The van der Waals surface area contributed by atoms with E-state index in [-0.39, 0.29) is 9.28 Å². The van der Waals surface area contributed by atoms with Crippen LogP contribution >= 0.6 is 0 Å². The summed E-state index contributed by atoms with van der Waals surface area (Å²) in [5.41, 5.74) is 0. The fourth-order valence-corrected chi connectivity index (χ4v) is 13.4. The van der Waals surface area contributed by atoms with Gasteiger partial charge < -0.3 is 8.54 Å². The minimum Gasteiger partial charge on any atom is -0.461 e. The lowest BCUT2D eigenvalue weighted by Gasteiger charge is -2.22. The van der Waals surface area contributed by atoms with Crippen LogP contribution in [0.5, 0.6) is 0 Å². The normalized spacial score (nSPS) is 29.7. The van der Waals surface area contributed by atoms with Gasteiger partial charge in [0.2, 0.25) is 0 Å². The lowest BCUT2D eigenvalue weighted by atomic mass is 10.5. The van der Waals surface area contributed by atoms with Crippen molar-refractivity contribution in [2.75, 3.05) is 6.61 Å². The summed E-state index contributed by atoms with van der Waals surface area (Å²) in [7, 11) is -1.60. The molecular formula is C5H16O2Si3. The highest BCUT2D eigenvalue weighted by Crippen LogP contribution is 2.06. The molecule has 1 unspecified atom stereocenters. The van der Waals surface area contributed by atoms with Crippen LogP contribution in [0.3, 0.4) is 0 Å². The Hall–Kier alpha value is 0.571. The Bertz CT molecular complexity index is 92.9. The first-order valence-electron chi connectivity index (χ1n) is 4.02. The predicted octanol–water partition coefficient (Wildman–Crippen LogP) is -0.289. The van der Waals surface area contributed by atoms with E-state index in [9.17, 15) is 0 Å². The van der Waals surface area contributed by atoms with Crippen molar-refractivity contribution in [2.24, 2.45) is 0 Å². The van der Waals surface area contributed by atoms with E-state index in [0.29, 0.717) is 0 Å². The smallest absolute Gasteiger partial charge is 0.177 e. The first-order chi connectivity index (χ1) is 4.79. The standard InChI is InChI=1S/C5H16O2Si3/c1-9(2)7-10-5-3-4-6-8-10/h9-10H,3-5,8H2,1-2H3. The Balaban J connectivity index is 2.13. The monoisotopic (exact) mass is 192 g/mol. The van der Waals surface area contributed by atoms with Crippen LogP contribution in [0.15, 0.2) is 0 Å². The van der Waals surface area contributed by atoms with Crippen molar-refractivity contribution < 1.29 is 8.54 Å². The molecule has 1 rings (SSSR count). The summed E-state index contributed by atoms with van der Waals surface area (Å²) < 4.78 is 11.4. The van der Waals surface area contributed by atoms with Crippen molar-refractivity contribution in [3.05, 3.63) is 0 Å². The third kappa shape index (κ3) is 3.11. The molecule has 1 atom stereocenters. The maximum atomic E-state index is 5.91. The minimum atomic E-state index is -0.727. The van der Waals surface area contributed by atoms with E-state index in [4.69, 9.17) is 8.54 Å². The Morgan fingerprint density at radius 3 is 2.90 bits per heavy atom. The third-order valence-corrected chi connectivity index (χ3v) is 12.0. The lowest BCUT2D eigenvalue weighted by molar-refractivity contribution is 0.327. The molecule has 0 N–H and O–H groups in total. The van der Waals surface area contributed by atoms with Gasteiger partial charge >= 0.3 is 0 Å². The maximum Gasteiger partial charge on any atom is 0.177 e. The molecule has 2 nitrogen and oxygen atoms in total. The van der Waals surface area contributed by atoms with Crippen LogP contribution in [0.2, 0.25) is 19.1 Å². The number of hydrogen-bond donors (Lipinski definition) is 0. The second-order valence-electron chi connectivity index (χ2n) is 3.02. The van der Waals surface area contributed by atoms with Crippen LogP contribution in [0.25, 0.3) is 0 Å². The van der Waals surface area contributed by atoms with Gasteiger partial charge in [-0.3, -0.25) is 0 Å². The van der Waals surface area contributed by atoms with Crippen LogP contribution in [0, 0.1) is 0 Å². The van der Waals surface area contributed by atoms with E-state index < -0.39 is 17.6 Å². The molecule has 0 radical (unpaired) electrons. The zero-order chi connectivity index (χ0) is 7.40. The molecule has 1 fully saturated rings. The predicted molar refractivity (Wildman–Crippen MR) is 51.0 cm³/mol. The molecule has 0 amide bonds. The zero-order valence-electron chi connectivity index (χ0n) is 6.80. The van der Waals surface area contributed by atoms with Gasteiger partial charge in [-0.05, 0) is 25.6 Å². The summed E-state index contributed by atoms with van der Waals surface area (Å²) in [5.74, 6) is 0. The van der Waals surface area contributed by atoms with E-state index in [0.717, 1.165) is 6.61 Å². The topological polar surface area (TPSA) is 18.5 Å². The zero-order valence-corrected chi connectivity index (χ0v) is 10.5. The highest BCUT2D eigenvalue weighted by atomic mass is 29.2. The summed E-state index contributed by atoms with van der Waals surface area (Å²) in [5, 5.41) is 0. The van der Waals surface area contributed by atoms with Gasteiger partial charge in [-0.2, -0.15) is 0 Å². The first-order valence-corrected chi connectivity index (χ1v) is 11.9. The van der Waals surface area contributed by atoms with Crippen molar-refractivity contribution in [1.29, 1.82) is 0 Å². The van der Waals surface area contributed by atoms with Crippen LogP contribution in [0.4, 0.5) is 0 Å². The Morgan fingerprint density at radius 1 is 1.60 bits per heavy atom. The number of hydrogen-bond acceptors (Lipinski definition) is 2. The second kappa shape index (κ2) is 4.45. The quantitative estimate of drug-likeness (QED) is 0.560. The molecule has 1 aliphatic rings. The van der Waals surface area contributed by atoms with Crippen molar-refractivity contribution in [3.8, 4) is 0 Å². The fraction of sp³-hybridized carbons (Fsp3) is 1.00. The van der Waals surface area contributed by atoms with Crippen LogP contribution in [-0.4, -0.2) is 33.5 Å². The van der Waals surface area contributed by atoms with Gasteiger partial charge in [-0.15, -0.1) is 0 Å². The van der Waals surface area contributed by atoms with Gasteiger partial charge in [-0.25, -0.2) is 0 Å². The Kier molecular flexibility index (Phi) is 3.86. The second-order valence-corrected chi connectivity index (χ2v) is 12.5. The molecule has 0 aromatic heterocycles. The number of rotatable bonds is 2. The van der Waals surface area contributed by atoms with E-state index >= 15 is 0 Å². The van der Waals surface area contributed by atoms with Gasteiger partial charge in [0.15, 0.2) is 26.9 Å². The molecule has 0 bridgehead atoms. The SMILES string of the molecule is C[SiH](C)O[SiH]1CCCO[SiH2]1. The molecule has 1 saturated heterocycles. The highest BCUT2D eigenvalue weighted by molar-refractivity contribution is 7.08. The molecular weight excluding hydrogens is 176 g/mol. The van der Waals surface area contributed by atoms with Crippen molar-refractivity contribution in [2.45, 2.75) is 25.6 Å². The highest BCUT2D eigenvalue weighted by Gasteiger charge is 2.18. The lowest BCUT2D eigenvalue weighted by Crippen LogP contribution is -2.36. The van der Waals surface area contributed by atoms with Crippen LogP contribution in [-0.2, 0) is 8.54 Å². The van der Waals surface area contributed by atoms with E-state index in [2.05, 4.69) is 13.1 Å². The van der Waals surface area contributed by atoms with Gasteiger partial charge in [0.25, 0.3) is 0 Å². The molecule has 1 aliphatic heterocycles. The first kappa shape index (κ1) is 8.67. The Labute approximate surface area is 68.1 Å². The third-order valence-electron chi connectivity index (χ3n) is 1.58. The van der Waals surface area contributed by atoms with Gasteiger partial charge in [0.05, 0.1) is 0 Å². The summed E-state index contributed by atoms with van der Waals surface area (Å²) in [6, 6.07) is 1.40. The summed E-state index contributed by atoms with van der Waals surface area (Å²) in [4.78, 5) is 0. The molecule has 60 valence electrons. The average molecular weight is 192 g/mol. The molecule has 0 aliphatic carbocycles. The van der Waals surface area contributed by atoms with Crippen LogP contribution < -0.4 is 0 Å². The molecule has 10 heavy (non-hydrogen) atoms. The fourth-order valence-electron chi connectivity index (χ4n) is 1.20. The van der Waals surface area contributed by atoms with E-state index in [1.54, 1.807) is 0 Å². The van der Waals surface area contributed by atoms with Crippen molar-refractivity contribution in [3.63, 3.8) is 0 Å². The van der Waals surface area contributed by atoms with Gasteiger partial charge in [-0.1, -0.05) is 0 Å². The van der Waals surface area contributed by atoms with E-state index in [1.807, 2.05) is 0 Å². The van der Waals surface area contributed by atoms with Crippen molar-refractivity contribution in [1.82, 2.24) is 0 Å². The summed E-state index contributed by atoms with van der Waals surface area (Å²) in [6.45, 7) is 5.55. The van der Waals surface area contributed by atoms with E-state index in [1.165, 1.54) is 12.5 Å². The summed E-state index contributed by atoms with van der Waals surface area (Å²) >= 11 is 0. The molecule has 1 heterocycles. The molecule has 0 aromatic rings. The largest absolute Gasteiger partial charge is 0.461 e. The average Bonchev–Trinajstić information content (AvgIpc) is 1.88.